The Labute approximate surface area is 211 Å². The minimum Gasteiger partial charge on any atom is -0.395 e. The molecule has 4 heterocycles. The van der Waals surface area contributed by atoms with Crippen molar-refractivity contribution < 1.29 is 31.8 Å². The molecule has 0 bridgehead atoms. The lowest BCUT2D eigenvalue weighted by molar-refractivity contribution is -0.286. The predicted octanol–water partition coefficient (Wildman–Crippen LogP) is 3.48. The monoisotopic (exact) mass is 541 g/mol. The second-order valence-electron chi connectivity index (χ2n) is 8.99. The van der Waals surface area contributed by atoms with Crippen LogP contribution in [-0.2, 0) is 11.3 Å². The Bertz CT molecular complexity index is 1370. The highest BCUT2D eigenvalue weighted by Gasteiger charge is 2.47. The van der Waals surface area contributed by atoms with E-state index in [1.807, 2.05) is 0 Å². The van der Waals surface area contributed by atoms with Gasteiger partial charge < -0.3 is 25.1 Å². The number of carbonyl (C=O) groups excluding carboxylic acids is 1. The fourth-order valence-electron chi connectivity index (χ4n) is 4.50. The molecule has 0 aliphatic carbocycles. The number of rotatable bonds is 6. The summed E-state index contributed by atoms with van der Waals surface area (Å²) in [6.45, 7) is 1.75. The van der Waals surface area contributed by atoms with Gasteiger partial charge in [0.15, 0.2) is 16.6 Å². The van der Waals surface area contributed by atoms with Crippen LogP contribution in [0.1, 0.15) is 30.4 Å². The van der Waals surface area contributed by atoms with E-state index in [0.29, 0.717) is 21.3 Å². The first-order valence-electron chi connectivity index (χ1n) is 11.4. The quantitative estimate of drug-likeness (QED) is 0.410. The molecule has 3 aromatic rings. The number of benzene rings is 1. The van der Waals surface area contributed by atoms with Crippen LogP contribution in [-0.4, -0.2) is 59.2 Å². The molecule has 3 N–H and O–H groups in total. The summed E-state index contributed by atoms with van der Waals surface area (Å²) in [5.74, 6) is -4.97. The van der Waals surface area contributed by atoms with Crippen molar-refractivity contribution in [3.8, 4) is 11.5 Å². The van der Waals surface area contributed by atoms with Crippen molar-refractivity contribution >= 4 is 32.6 Å². The maximum atomic E-state index is 14.9. The van der Waals surface area contributed by atoms with Crippen LogP contribution in [0.5, 0.6) is 11.5 Å². The summed E-state index contributed by atoms with van der Waals surface area (Å²) < 4.78 is 65.8. The van der Waals surface area contributed by atoms with Gasteiger partial charge in [0.1, 0.15) is 0 Å². The molecule has 1 saturated heterocycles. The smallest absolute Gasteiger partial charge is 0.395 e. The molecule has 0 unspecified atom stereocenters. The third kappa shape index (κ3) is 5.00. The highest BCUT2D eigenvalue weighted by molar-refractivity contribution is 7.22. The van der Waals surface area contributed by atoms with Crippen LogP contribution in [0.15, 0.2) is 29.2 Å². The van der Waals surface area contributed by atoms with Crippen molar-refractivity contribution in [1.29, 1.82) is 0 Å². The van der Waals surface area contributed by atoms with Crippen molar-refractivity contribution in [2.24, 2.45) is 0 Å². The van der Waals surface area contributed by atoms with E-state index in [1.54, 1.807) is 18.9 Å². The first-order chi connectivity index (χ1) is 17.5. The number of fused-ring (bicyclic) bond motifs is 2. The first kappa shape index (κ1) is 25.4. The minimum atomic E-state index is -3.75. The van der Waals surface area contributed by atoms with Crippen molar-refractivity contribution in [2.45, 2.75) is 44.1 Å². The number of alkyl halides is 4. The van der Waals surface area contributed by atoms with Gasteiger partial charge in [-0.25, -0.2) is 13.8 Å². The second-order valence-corrected chi connectivity index (χ2v) is 10.0. The summed E-state index contributed by atoms with van der Waals surface area (Å²) in [6.07, 6.45) is -2.89. The Kier molecular flexibility index (Phi) is 6.36. The summed E-state index contributed by atoms with van der Waals surface area (Å²) in [5, 5.41) is 5.75. The molecule has 0 spiro atoms. The van der Waals surface area contributed by atoms with Gasteiger partial charge in [-0.2, -0.15) is 0 Å². The summed E-state index contributed by atoms with van der Waals surface area (Å²) in [5.41, 5.74) is 0.622. The number of carbonyl (C=O) groups is 1. The molecule has 1 aromatic carbocycles. The molecular formula is C23H23F4N5O4S. The molecule has 5 rings (SSSR count). The van der Waals surface area contributed by atoms with Crippen LogP contribution >= 0.6 is 11.3 Å². The fraction of sp³-hybridized carbons (Fsp3) is 0.435. The standard InChI is InChI=1S/C23H23F4N5O4S/c1-11(19(33)31-21-30-15-6-16-17(7-18(15)37-21)36-23(26,27)35-16)32-4-3-22(24,25)14(10-32)12-5-13(8-28-2)20(34)29-9-12/h5-7,9,11,14,28H,3-4,8,10H2,1-2H3,(H,29,34)(H,30,31,33)/t11-,14+/m0/s1. The number of likely N-dealkylation sites (tertiary alicyclic amines) is 1. The van der Waals surface area contributed by atoms with E-state index in [-0.39, 0.29) is 41.8 Å². The summed E-state index contributed by atoms with van der Waals surface area (Å²) in [4.78, 5) is 33.4. The fourth-order valence-corrected chi connectivity index (χ4v) is 5.38. The van der Waals surface area contributed by atoms with Crippen LogP contribution < -0.4 is 25.7 Å². The van der Waals surface area contributed by atoms with Gasteiger partial charge >= 0.3 is 6.29 Å². The van der Waals surface area contributed by atoms with Crippen molar-refractivity contribution in [3.63, 3.8) is 0 Å². The number of nitrogens with one attached hydrogen (secondary N) is 3. The van der Waals surface area contributed by atoms with E-state index in [0.717, 1.165) is 11.3 Å². The lowest BCUT2D eigenvalue weighted by atomic mass is 9.86. The first-order valence-corrected chi connectivity index (χ1v) is 12.3. The molecule has 0 saturated carbocycles. The molecule has 9 nitrogen and oxygen atoms in total. The largest absolute Gasteiger partial charge is 0.586 e. The van der Waals surface area contributed by atoms with Gasteiger partial charge in [-0.05, 0) is 25.6 Å². The van der Waals surface area contributed by atoms with Crippen molar-refractivity contribution in [3.05, 3.63) is 45.9 Å². The summed E-state index contributed by atoms with van der Waals surface area (Å²) in [6, 6.07) is 3.36. The van der Waals surface area contributed by atoms with Gasteiger partial charge in [0.25, 0.3) is 11.5 Å². The van der Waals surface area contributed by atoms with Crippen LogP contribution in [0.3, 0.4) is 0 Å². The Morgan fingerprint density at radius 1 is 1.27 bits per heavy atom. The van der Waals surface area contributed by atoms with E-state index < -0.39 is 36.5 Å². The van der Waals surface area contributed by atoms with E-state index in [4.69, 9.17) is 0 Å². The molecule has 1 fully saturated rings. The minimum absolute atomic E-state index is 0.000264. The Morgan fingerprint density at radius 2 is 2.00 bits per heavy atom. The molecule has 1 amide bonds. The number of amides is 1. The number of hydrogen-bond acceptors (Lipinski definition) is 8. The average Bonchev–Trinajstić information content (AvgIpc) is 3.34. The molecule has 14 heteroatoms. The zero-order valence-corrected chi connectivity index (χ0v) is 20.6. The Balaban J connectivity index is 1.30. The molecule has 0 radical (unpaired) electrons. The maximum Gasteiger partial charge on any atom is 0.586 e. The van der Waals surface area contributed by atoms with Gasteiger partial charge in [-0.15, -0.1) is 8.78 Å². The van der Waals surface area contributed by atoms with Gasteiger partial charge in [0.05, 0.1) is 22.2 Å². The number of H-pyrrole nitrogens is 1. The molecule has 2 aromatic heterocycles. The zero-order chi connectivity index (χ0) is 26.5. The highest BCUT2D eigenvalue weighted by atomic mass is 32.1. The predicted molar refractivity (Wildman–Crippen MR) is 128 cm³/mol. The third-order valence-corrected chi connectivity index (χ3v) is 7.43. The number of aromatic nitrogens is 2. The van der Waals surface area contributed by atoms with Gasteiger partial charge in [-0.1, -0.05) is 11.3 Å². The number of piperidine rings is 1. The normalized spacial score (nSPS) is 21.2. The third-order valence-electron chi connectivity index (χ3n) is 6.50. The average molecular weight is 542 g/mol. The molecule has 2 aliphatic rings. The van der Waals surface area contributed by atoms with Crippen LogP contribution in [0.2, 0.25) is 0 Å². The van der Waals surface area contributed by atoms with Crippen molar-refractivity contribution in [2.75, 3.05) is 25.5 Å². The second kappa shape index (κ2) is 9.26. The number of hydrogen-bond donors (Lipinski definition) is 3. The molecular weight excluding hydrogens is 518 g/mol. The number of anilines is 1. The Morgan fingerprint density at radius 3 is 2.73 bits per heavy atom. The van der Waals surface area contributed by atoms with Gasteiger partial charge in [0, 0.05) is 49.9 Å². The topological polar surface area (TPSA) is 109 Å². The number of halogens is 4. The molecule has 2 aliphatic heterocycles. The maximum absolute atomic E-state index is 14.9. The number of nitrogens with zero attached hydrogens (tertiary/aromatic N) is 2. The van der Waals surface area contributed by atoms with Crippen molar-refractivity contribution in [1.82, 2.24) is 20.2 Å². The lowest BCUT2D eigenvalue weighted by Crippen LogP contribution is -2.52. The number of thiazole rings is 1. The van der Waals surface area contributed by atoms with E-state index in [1.165, 1.54) is 24.4 Å². The number of aromatic amines is 1. The summed E-state index contributed by atoms with van der Waals surface area (Å²) in [7, 11) is 1.65. The van der Waals surface area contributed by atoms with Crippen LogP contribution in [0.4, 0.5) is 22.7 Å². The van der Waals surface area contributed by atoms with Gasteiger partial charge in [-0.3, -0.25) is 14.5 Å². The molecule has 2 atom stereocenters. The molecule has 37 heavy (non-hydrogen) atoms. The lowest BCUT2D eigenvalue weighted by Gasteiger charge is -2.40. The Hall–Kier alpha value is -3.23. The van der Waals surface area contributed by atoms with Crippen LogP contribution in [0, 0.1) is 0 Å². The van der Waals surface area contributed by atoms with Gasteiger partial charge in [0.2, 0.25) is 5.91 Å². The number of ether oxygens (including phenoxy) is 2. The van der Waals surface area contributed by atoms with Crippen LogP contribution in [0.25, 0.3) is 10.2 Å². The van der Waals surface area contributed by atoms with E-state index in [2.05, 4.69) is 30.1 Å². The summed E-state index contributed by atoms with van der Waals surface area (Å²) >= 11 is 1.06. The highest BCUT2D eigenvalue weighted by Crippen LogP contribution is 2.45. The van der Waals surface area contributed by atoms with E-state index in [9.17, 15) is 27.2 Å². The zero-order valence-electron chi connectivity index (χ0n) is 19.7. The molecule has 198 valence electrons. The SMILES string of the molecule is CNCc1cc([C@H]2CN([C@@H](C)C(=O)Nc3nc4cc5c(cc4s3)OC(F)(F)O5)CCC2(F)F)c[nH]c1=O. The van der Waals surface area contributed by atoms with E-state index >= 15 is 0 Å². The number of pyridine rings is 1.